The van der Waals surface area contributed by atoms with Crippen LogP contribution in [0, 0.1) is 0 Å². The lowest BCUT2D eigenvalue weighted by atomic mass is 10.1. The number of rotatable bonds is 1. The SMILES string of the molecule is NC1=c2ccc(CCl)cc2=NCc2sccc21. The lowest BCUT2D eigenvalue weighted by Crippen LogP contribution is -2.29. The van der Waals surface area contributed by atoms with Gasteiger partial charge in [-0.1, -0.05) is 12.1 Å². The lowest BCUT2D eigenvalue weighted by molar-refractivity contribution is 1.03. The van der Waals surface area contributed by atoms with Crippen molar-refractivity contribution >= 4 is 28.6 Å². The number of fused-ring (bicyclic) bond motifs is 2. The second-order valence-corrected chi connectivity index (χ2v) is 5.24. The third-order valence-corrected chi connectivity index (χ3v) is 4.15. The Morgan fingerprint density at radius 1 is 1.35 bits per heavy atom. The van der Waals surface area contributed by atoms with E-state index in [4.69, 9.17) is 17.3 Å². The summed E-state index contributed by atoms with van der Waals surface area (Å²) < 4.78 is 0. The molecule has 0 fully saturated rings. The van der Waals surface area contributed by atoms with Gasteiger partial charge in [-0.05, 0) is 23.1 Å². The molecule has 0 unspecified atom stereocenters. The number of benzene rings is 1. The van der Waals surface area contributed by atoms with E-state index < -0.39 is 0 Å². The Morgan fingerprint density at radius 3 is 3.06 bits per heavy atom. The van der Waals surface area contributed by atoms with Crippen molar-refractivity contribution in [2.24, 2.45) is 10.7 Å². The zero-order chi connectivity index (χ0) is 11.8. The van der Waals surface area contributed by atoms with Crippen molar-refractivity contribution in [3.8, 4) is 0 Å². The monoisotopic (exact) mass is 262 g/mol. The maximum Gasteiger partial charge on any atom is 0.0746 e. The zero-order valence-corrected chi connectivity index (χ0v) is 10.7. The lowest BCUT2D eigenvalue weighted by Gasteiger charge is -1.99. The fourth-order valence-corrected chi connectivity index (χ4v) is 3.00. The molecule has 2 heterocycles. The van der Waals surface area contributed by atoms with E-state index in [1.165, 1.54) is 4.88 Å². The van der Waals surface area contributed by atoms with E-state index in [2.05, 4.69) is 16.4 Å². The Labute approximate surface area is 108 Å². The summed E-state index contributed by atoms with van der Waals surface area (Å²) in [7, 11) is 0. The molecule has 0 aliphatic carbocycles. The second kappa shape index (κ2) is 4.17. The average molecular weight is 263 g/mol. The maximum atomic E-state index is 6.22. The molecule has 4 heteroatoms. The minimum absolute atomic E-state index is 0.504. The summed E-state index contributed by atoms with van der Waals surface area (Å²) in [5, 5.41) is 4.02. The fourth-order valence-electron chi connectivity index (χ4n) is 2.02. The highest BCUT2D eigenvalue weighted by molar-refractivity contribution is 7.10. The van der Waals surface area contributed by atoms with E-state index in [0.29, 0.717) is 12.4 Å². The first kappa shape index (κ1) is 10.8. The standard InChI is InChI=1S/C13H11ClN2S/c14-6-8-1-2-9-11(5-8)16-7-12-10(13(9)15)3-4-17-12/h1-5H,6-7,15H2. The van der Waals surface area contributed by atoms with Gasteiger partial charge in [-0.3, -0.25) is 4.99 Å². The number of hydrogen-bond acceptors (Lipinski definition) is 3. The minimum Gasteiger partial charge on any atom is -0.398 e. The first-order valence-corrected chi connectivity index (χ1v) is 6.77. The molecular formula is C13H11ClN2S. The Balaban J connectivity index is 2.36. The largest absolute Gasteiger partial charge is 0.398 e. The predicted molar refractivity (Wildman–Crippen MR) is 71.5 cm³/mol. The molecule has 0 atom stereocenters. The molecule has 2 nitrogen and oxygen atoms in total. The van der Waals surface area contributed by atoms with E-state index in [9.17, 15) is 0 Å². The number of alkyl halides is 1. The van der Waals surface area contributed by atoms with Crippen LogP contribution in [0.25, 0.3) is 5.70 Å². The van der Waals surface area contributed by atoms with Gasteiger partial charge in [0.1, 0.15) is 0 Å². The van der Waals surface area contributed by atoms with Crippen molar-refractivity contribution in [1.82, 2.24) is 0 Å². The summed E-state index contributed by atoms with van der Waals surface area (Å²) in [6.45, 7) is 0.701. The van der Waals surface area contributed by atoms with Crippen LogP contribution in [0.4, 0.5) is 0 Å². The van der Waals surface area contributed by atoms with Crippen LogP contribution in [0.3, 0.4) is 0 Å². The highest BCUT2D eigenvalue weighted by atomic mass is 35.5. The van der Waals surface area contributed by atoms with Gasteiger partial charge in [0.25, 0.3) is 0 Å². The van der Waals surface area contributed by atoms with Gasteiger partial charge in [-0.25, -0.2) is 0 Å². The molecule has 1 aliphatic rings. The van der Waals surface area contributed by atoms with Crippen LogP contribution >= 0.6 is 22.9 Å². The van der Waals surface area contributed by atoms with Crippen molar-refractivity contribution in [3.63, 3.8) is 0 Å². The summed E-state index contributed by atoms with van der Waals surface area (Å²) in [6.07, 6.45) is 0. The molecule has 2 N–H and O–H groups in total. The molecule has 3 rings (SSSR count). The Morgan fingerprint density at radius 2 is 2.24 bits per heavy atom. The van der Waals surface area contributed by atoms with Crippen molar-refractivity contribution in [3.05, 3.63) is 56.2 Å². The van der Waals surface area contributed by atoms with Crippen LogP contribution in [0.2, 0.25) is 0 Å². The maximum absolute atomic E-state index is 6.22. The van der Waals surface area contributed by atoms with E-state index in [1.54, 1.807) is 11.3 Å². The number of nitrogens with two attached hydrogens (primary N) is 1. The first-order valence-electron chi connectivity index (χ1n) is 5.35. The van der Waals surface area contributed by atoms with Crippen molar-refractivity contribution in [1.29, 1.82) is 0 Å². The van der Waals surface area contributed by atoms with Crippen LogP contribution in [-0.2, 0) is 12.4 Å². The van der Waals surface area contributed by atoms with Crippen molar-refractivity contribution in [2.75, 3.05) is 0 Å². The first-order chi connectivity index (χ1) is 8.29. The molecule has 0 radical (unpaired) electrons. The van der Waals surface area contributed by atoms with Gasteiger partial charge >= 0.3 is 0 Å². The molecular weight excluding hydrogens is 252 g/mol. The van der Waals surface area contributed by atoms with Gasteiger partial charge in [0.05, 0.1) is 11.9 Å². The van der Waals surface area contributed by atoms with Crippen LogP contribution in [-0.4, -0.2) is 0 Å². The molecule has 0 saturated heterocycles. The zero-order valence-electron chi connectivity index (χ0n) is 9.11. The fraction of sp³-hybridized carbons (Fsp3) is 0.154. The third kappa shape index (κ3) is 1.75. The Hall–Kier alpha value is -1.32. The number of hydrogen-bond donors (Lipinski definition) is 1. The van der Waals surface area contributed by atoms with E-state index in [-0.39, 0.29) is 0 Å². The molecule has 0 amide bonds. The summed E-state index contributed by atoms with van der Waals surface area (Å²) in [6, 6.07) is 8.10. The van der Waals surface area contributed by atoms with Crippen molar-refractivity contribution in [2.45, 2.75) is 12.4 Å². The molecule has 17 heavy (non-hydrogen) atoms. The Kier molecular flexibility index (Phi) is 2.65. The van der Waals surface area contributed by atoms with Gasteiger partial charge in [0.15, 0.2) is 0 Å². The van der Waals surface area contributed by atoms with Gasteiger partial charge in [0, 0.05) is 27.2 Å². The average Bonchev–Trinajstić information content (AvgIpc) is 2.79. The molecule has 1 aromatic heterocycles. The molecule has 0 saturated carbocycles. The van der Waals surface area contributed by atoms with E-state index in [1.807, 2.05) is 18.2 Å². The van der Waals surface area contributed by atoms with Gasteiger partial charge < -0.3 is 5.73 Å². The molecule has 0 spiro atoms. The van der Waals surface area contributed by atoms with Crippen LogP contribution in [0.1, 0.15) is 16.0 Å². The van der Waals surface area contributed by atoms with Crippen molar-refractivity contribution < 1.29 is 0 Å². The van der Waals surface area contributed by atoms with Crippen LogP contribution in [0.15, 0.2) is 34.6 Å². The predicted octanol–water partition coefficient (Wildman–Crippen LogP) is 1.74. The smallest absolute Gasteiger partial charge is 0.0746 e. The molecule has 0 bridgehead atoms. The highest BCUT2D eigenvalue weighted by Crippen LogP contribution is 2.21. The highest BCUT2D eigenvalue weighted by Gasteiger charge is 2.10. The summed E-state index contributed by atoms with van der Waals surface area (Å²) in [5.74, 6) is 0.504. The topological polar surface area (TPSA) is 38.4 Å². The number of thiophene rings is 1. The van der Waals surface area contributed by atoms with Gasteiger partial charge in [0.2, 0.25) is 0 Å². The van der Waals surface area contributed by atoms with E-state index >= 15 is 0 Å². The number of halogens is 1. The molecule has 86 valence electrons. The van der Waals surface area contributed by atoms with Crippen LogP contribution < -0.4 is 16.3 Å². The van der Waals surface area contributed by atoms with Crippen LogP contribution in [0.5, 0.6) is 0 Å². The number of nitrogens with zero attached hydrogens (tertiary/aromatic N) is 1. The van der Waals surface area contributed by atoms with Gasteiger partial charge in [-0.15, -0.1) is 22.9 Å². The summed E-state index contributed by atoms with van der Waals surface area (Å²) in [5.41, 5.74) is 9.24. The molecule has 2 aromatic rings. The molecule has 1 aliphatic heterocycles. The third-order valence-electron chi connectivity index (χ3n) is 2.94. The summed E-state index contributed by atoms with van der Waals surface area (Å²) in [4.78, 5) is 5.84. The Bertz CT molecular complexity index is 688. The normalized spacial score (nSPS) is 13.6. The minimum atomic E-state index is 0.504. The summed E-state index contributed by atoms with van der Waals surface area (Å²) >= 11 is 7.54. The van der Waals surface area contributed by atoms with Gasteiger partial charge in [-0.2, -0.15) is 0 Å². The van der Waals surface area contributed by atoms with E-state index in [0.717, 1.165) is 27.4 Å². The quantitative estimate of drug-likeness (QED) is 0.781. The molecule has 1 aromatic carbocycles. The second-order valence-electron chi connectivity index (χ2n) is 3.97.